The van der Waals surface area contributed by atoms with Crippen LogP contribution in [0, 0.1) is 0 Å². The second-order valence-electron chi connectivity index (χ2n) is 5.05. The summed E-state index contributed by atoms with van der Waals surface area (Å²) in [6.45, 7) is 9.36. The number of aromatic amines is 1. The maximum absolute atomic E-state index is 12.4. The summed E-state index contributed by atoms with van der Waals surface area (Å²) in [4.78, 5) is 24.4. The average molecular weight is 259 g/mol. The van der Waals surface area contributed by atoms with E-state index in [0.717, 1.165) is 10.1 Å². The van der Waals surface area contributed by atoms with Gasteiger partial charge in [0.05, 0.1) is 11.2 Å². The fourth-order valence-corrected chi connectivity index (χ4v) is 1.75. The van der Waals surface area contributed by atoms with Crippen molar-refractivity contribution in [3.63, 3.8) is 0 Å². The minimum atomic E-state index is -0.643. The quantitative estimate of drug-likeness (QED) is 0.852. The second kappa shape index (κ2) is 4.42. The Bertz CT molecular complexity index is 717. The Morgan fingerprint density at radius 2 is 1.79 bits per heavy atom. The summed E-state index contributed by atoms with van der Waals surface area (Å²) in [5.74, 6) is 0. The Hall–Kier alpha value is -2.30. The summed E-state index contributed by atoms with van der Waals surface area (Å²) in [6.07, 6.45) is 0. The van der Waals surface area contributed by atoms with E-state index in [0.29, 0.717) is 5.69 Å². The predicted octanol–water partition coefficient (Wildman–Crippen LogP) is 1.64. The van der Waals surface area contributed by atoms with Gasteiger partial charge >= 0.3 is 11.4 Å². The highest BCUT2D eigenvalue weighted by molar-refractivity contribution is 5.30. The van der Waals surface area contributed by atoms with Gasteiger partial charge in [-0.25, -0.2) is 23.9 Å². The van der Waals surface area contributed by atoms with Crippen molar-refractivity contribution in [2.45, 2.75) is 26.3 Å². The summed E-state index contributed by atoms with van der Waals surface area (Å²) in [5, 5.41) is 2.58. The number of para-hydroxylation sites is 1. The van der Waals surface area contributed by atoms with E-state index >= 15 is 0 Å². The molecule has 1 N–H and O–H groups in total. The fraction of sp³-hybridized carbons (Fsp3) is 0.286. The van der Waals surface area contributed by atoms with Gasteiger partial charge < -0.3 is 0 Å². The van der Waals surface area contributed by atoms with Crippen molar-refractivity contribution < 1.29 is 0 Å². The van der Waals surface area contributed by atoms with Gasteiger partial charge in [0.1, 0.15) is 0 Å². The molecule has 19 heavy (non-hydrogen) atoms. The van der Waals surface area contributed by atoms with Crippen LogP contribution in [0.25, 0.3) is 5.69 Å². The molecule has 0 fully saturated rings. The van der Waals surface area contributed by atoms with E-state index in [-0.39, 0.29) is 0 Å². The zero-order valence-corrected chi connectivity index (χ0v) is 11.3. The molecule has 0 radical (unpaired) electrons. The van der Waals surface area contributed by atoms with Gasteiger partial charge in [-0.2, -0.15) is 0 Å². The molecule has 5 heteroatoms. The number of nitrogens with zero attached hydrogens (tertiary/aromatic N) is 2. The van der Waals surface area contributed by atoms with Crippen LogP contribution in [-0.2, 0) is 5.54 Å². The van der Waals surface area contributed by atoms with Crippen LogP contribution < -0.4 is 11.4 Å². The zero-order chi connectivity index (χ0) is 14.2. The molecule has 0 saturated heterocycles. The van der Waals surface area contributed by atoms with Crippen LogP contribution in [0.3, 0.4) is 0 Å². The molecule has 1 heterocycles. The largest absolute Gasteiger partial charge is 0.352 e. The molecule has 2 aromatic rings. The number of aromatic nitrogens is 3. The van der Waals surface area contributed by atoms with Crippen LogP contribution in [0.2, 0.25) is 0 Å². The minimum Gasteiger partial charge on any atom is -0.246 e. The number of rotatable bonds is 3. The molecular formula is C14H17N3O2. The third-order valence-corrected chi connectivity index (χ3v) is 3.41. The van der Waals surface area contributed by atoms with Gasteiger partial charge in [0, 0.05) is 0 Å². The Morgan fingerprint density at radius 3 is 2.32 bits per heavy atom. The van der Waals surface area contributed by atoms with Crippen molar-refractivity contribution in [1.82, 2.24) is 14.3 Å². The van der Waals surface area contributed by atoms with Gasteiger partial charge in [-0.05, 0) is 32.9 Å². The lowest BCUT2D eigenvalue weighted by molar-refractivity contribution is 0.367. The zero-order valence-electron chi connectivity index (χ0n) is 11.3. The average Bonchev–Trinajstić information content (AvgIpc) is 2.66. The Balaban J connectivity index is 2.70. The normalized spacial score (nSPS) is 11.5. The van der Waals surface area contributed by atoms with E-state index in [1.54, 1.807) is 24.3 Å². The number of allylic oxidation sites excluding steroid dienone is 1. The molecule has 1 aromatic carbocycles. The molecule has 0 aliphatic heterocycles. The molecule has 0 spiro atoms. The van der Waals surface area contributed by atoms with Gasteiger partial charge in [-0.15, -0.1) is 0 Å². The summed E-state index contributed by atoms with van der Waals surface area (Å²) in [6, 6.07) is 8.83. The first-order valence-electron chi connectivity index (χ1n) is 6.01. The molecule has 1 aromatic heterocycles. The molecule has 0 aliphatic carbocycles. The van der Waals surface area contributed by atoms with E-state index in [2.05, 4.69) is 11.7 Å². The smallest absolute Gasteiger partial charge is 0.246 e. The Kier molecular flexibility index (Phi) is 3.06. The van der Waals surface area contributed by atoms with Gasteiger partial charge in [-0.3, -0.25) is 0 Å². The van der Waals surface area contributed by atoms with E-state index in [1.165, 1.54) is 4.68 Å². The minimum absolute atomic E-state index is 0.399. The lowest BCUT2D eigenvalue weighted by Crippen LogP contribution is -2.38. The van der Waals surface area contributed by atoms with E-state index in [4.69, 9.17) is 0 Å². The van der Waals surface area contributed by atoms with Crippen LogP contribution in [0.1, 0.15) is 20.8 Å². The molecule has 0 aliphatic rings. The highest BCUT2D eigenvalue weighted by atomic mass is 16.2. The lowest BCUT2D eigenvalue weighted by Gasteiger charge is -2.24. The molecule has 0 bridgehead atoms. The van der Waals surface area contributed by atoms with Crippen LogP contribution in [0.5, 0.6) is 0 Å². The SMILES string of the molecule is C=C(C)C(C)(C)n1[nH]c(=O)n(-c2ccccc2)c1=O. The summed E-state index contributed by atoms with van der Waals surface area (Å²) in [7, 11) is 0. The van der Waals surface area contributed by atoms with Crippen molar-refractivity contribution in [3.05, 3.63) is 63.5 Å². The van der Waals surface area contributed by atoms with E-state index in [9.17, 15) is 9.59 Å². The maximum Gasteiger partial charge on any atom is 0.352 e. The molecule has 5 nitrogen and oxygen atoms in total. The van der Waals surface area contributed by atoms with Gasteiger partial charge in [0.2, 0.25) is 0 Å². The molecule has 0 amide bonds. The van der Waals surface area contributed by atoms with Crippen molar-refractivity contribution in [3.8, 4) is 5.69 Å². The third-order valence-electron chi connectivity index (χ3n) is 3.41. The molecule has 2 rings (SSSR count). The summed E-state index contributed by atoms with van der Waals surface area (Å²) < 4.78 is 2.43. The first-order chi connectivity index (χ1) is 8.85. The molecule has 0 unspecified atom stereocenters. The monoisotopic (exact) mass is 259 g/mol. The standard InChI is InChI=1S/C14H17N3O2/c1-10(2)14(3,4)17-13(19)16(12(18)15-17)11-8-6-5-7-9-11/h5-9H,1H2,2-4H3,(H,15,18). The van der Waals surface area contributed by atoms with Gasteiger partial charge in [-0.1, -0.05) is 30.4 Å². The van der Waals surface area contributed by atoms with Crippen LogP contribution in [0.4, 0.5) is 0 Å². The molecule has 0 atom stereocenters. The Morgan fingerprint density at radius 1 is 1.21 bits per heavy atom. The topological polar surface area (TPSA) is 59.8 Å². The highest BCUT2D eigenvalue weighted by Gasteiger charge is 2.26. The first kappa shape index (κ1) is 13.1. The maximum atomic E-state index is 12.4. The number of benzene rings is 1. The van der Waals surface area contributed by atoms with Gasteiger partial charge in [0.15, 0.2) is 0 Å². The van der Waals surface area contributed by atoms with Crippen molar-refractivity contribution in [1.29, 1.82) is 0 Å². The number of nitrogens with one attached hydrogen (secondary N) is 1. The number of H-pyrrole nitrogens is 1. The van der Waals surface area contributed by atoms with Crippen molar-refractivity contribution in [2.24, 2.45) is 0 Å². The third kappa shape index (κ3) is 2.07. The molecule has 100 valence electrons. The molecule has 0 saturated carbocycles. The van der Waals surface area contributed by atoms with Gasteiger partial charge in [0.25, 0.3) is 0 Å². The Labute approximate surface area is 110 Å². The van der Waals surface area contributed by atoms with Crippen LogP contribution >= 0.6 is 0 Å². The van der Waals surface area contributed by atoms with E-state index in [1.807, 2.05) is 26.8 Å². The predicted molar refractivity (Wildman–Crippen MR) is 74.8 cm³/mol. The number of hydrogen-bond acceptors (Lipinski definition) is 2. The number of hydrogen-bond donors (Lipinski definition) is 1. The molecular weight excluding hydrogens is 242 g/mol. The van der Waals surface area contributed by atoms with E-state index < -0.39 is 16.9 Å². The van der Waals surface area contributed by atoms with Crippen molar-refractivity contribution in [2.75, 3.05) is 0 Å². The highest BCUT2D eigenvalue weighted by Crippen LogP contribution is 2.19. The summed E-state index contributed by atoms with van der Waals surface area (Å²) in [5.41, 5.74) is -0.160. The van der Waals surface area contributed by atoms with Crippen molar-refractivity contribution >= 4 is 0 Å². The fourth-order valence-electron chi connectivity index (χ4n) is 1.75. The summed E-state index contributed by atoms with van der Waals surface area (Å²) >= 11 is 0. The first-order valence-corrected chi connectivity index (χ1v) is 6.01. The van der Waals surface area contributed by atoms with Crippen LogP contribution in [0.15, 0.2) is 52.1 Å². The van der Waals surface area contributed by atoms with Crippen LogP contribution in [-0.4, -0.2) is 14.3 Å². The second-order valence-corrected chi connectivity index (χ2v) is 5.05. The lowest BCUT2D eigenvalue weighted by atomic mass is 9.97.